The van der Waals surface area contributed by atoms with Crippen LogP contribution in [0.2, 0.25) is 4.34 Å². The number of hydrogen-bond acceptors (Lipinski definition) is 3. The molecule has 1 N–H and O–H groups in total. The lowest BCUT2D eigenvalue weighted by Crippen LogP contribution is -2.56. The molecule has 19 heavy (non-hydrogen) atoms. The van der Waals surface area contributed by atoms with Gasteiger partial charge >= 0.3 is 0 Å². The summed E-state index contributed by atoms with van der Waals surface area (Å²) in [5.74, 6) is 0.173. The smallest absolute Gasteiger partial charge is 0.242 e. The van der Waals surface area contributed by atoms with Crippen molar-refractivity contribution in [3.05, 3.63) is 21.3 Å². The standard InChI is InChI=1S/C13H19ClN2OS.ClH/c1-13(7-3-4-8-15-13)12(17)16(2)9-10-5-6-11(14)18-10;/h5-6,15H,3-4,7-9H2,1-2H3;1H. The average Bonchev–Trinajstić information content (AvgIpc) is 2.74. The van der Waals surface area contributed by atoms with E-state index in [0.29, 0.717) is 6.54 Å². The summed E-state index contributed by atoms with van der Waals surface area (Å²) < 4.78 is 0.771. The van der Waals surface area contributed by atoms with Gasteiger partial charge in [-0.2, -0.15) is 0 Å². The summed E-state index contributed by atoms with van der Waals surface area (Å²) in [6, 6.07) is 3.86. The molecule has 0 spiro atoms. The number of amides is 1. The Labute approximate surface area is 129 Å². The van der Waals surface area contributed by atoms with E-state index in [-0.39, 0.29) is 18.3 Å². The van der Waals surface area contributed by atoms with Gasteiger partial charge in [0.1, 0.15) is 0 Å². The first-order chi connectivity index (χ1) is 8.51. The molecular formula is C13H20Cl2N2OS. The van der Waals surface area contributed by atoms with Crippen LogP contribution in [0.15, 0.2) is 12.1 Å². The maximum Gasteiger partial charge on any atom is 0.242 e. The molecule has 108 valence electrons. The van der Waals surface area contributed by atoms with Crippen molar-refractivity contribution in [2.24, 2.45) is 0 Å². The second kappa shape index (κ2) is 6.93. The van der Waals surface area contributed by atoms with E-state index < -0.39 is 5.54 Å². The van der Waals surface area contributed by atoms with Crippen molar-refractivity contribution in [3.63, 3.8) is 0 Å². The number of halogens is 2. The van der Waals surface area contributed by atoms with E-state index in [2.05, 4.69) is 5.32 Å². The molecule has 0 bridgehead atoms. The Hall–Kier alpha value is -0.290. The molecular weight excluding hydrogens is 303 g/mol. The van der Waals surface area contributed by atoms with Gasteiger partial charge in [-0.1, -0.05) is 11.6 Å². The van der Waals surface area contributed by atoms with Crippen molar-refractivity contribution in [1.82, 2.24) is 10.2 Å². The van der Waals surface area contributed by atoms with Crippen LogP contribution >= 0.6 is 35.3 Å². The molecule has 3 nitrogen and oxygen atoms in total. The molecule has 1 aliphatic rings. The monoisotopic (exact) mass is 322 g/mol. The molecule has 1 saturated heterocycles. The first-order valence-corrected chi connectivity index (χ1v) is 7.45. The zero-order valence-corrected chi connectivity index (χ0v) is 13.6. The lowest BCUT2D eigenvalue weighted by Gasteiger charge is -2.36. The first-order valence-electron chi connectivity index (χ1n) is 6.26. The lowest BCUT2D eigenvalue weighted by atomic mass is 9.89. The molecule has 1 unspecified atom stereocenters. The van der Waals surface area contributed by atoms with E-state index in [9.17, 15) is 4.79 Å². The van der Waals surface area contributed by atoms with Crippen LogP contribution in [-0.4, -0.2) is 29.9 Å². The van der Waals surface area contributed by atoms with Crippen molar-refractivity contribution in [1.29, 1.82) is 0 Å². The van der Waals surface area contributed by atoms with Crippen molar-refractivity contribution in [3.8, 4) is 0 Å². The third-order valence-corrected chi connectivity index (χ3v) is 4.68. The number of rotatable bonds is 3. The molecule has 1 aliphatic heterocycles. The fourth-order valence-electron chi connectivity index (χ4n) is 2.40. The lowest BCUT2D eigenvalue weighted by molar-refractivity contribution is -0.137. The molecule has 6 heteroatoms. The highest BCUT2D eigenvalue weighted by atomic mass is 35.5. The predicted octanol–water partition coefficient (Wildman–Crippen LogP) is 3.31. The Bertz CT molecular complexity index is 430. The maximum absolute atomic E-state index is 12.5. The van der Waals surface area contributed by atoms with Gasteiger partial charge in [-0.25, -0.2) is 0 Å². The number of carbonyl (C=O) groups is 1. The Morgan fingerprint density at radius 1 is 1.53 bits per heavy atom. The minimum Gasteiger partial charge on any atom is -0.339 e. The summed E-state index contributed by atoms with van der Waals surface area (Å²) in [5.41, 5.74) is -0.395. The normalized spacial score (nSPS) is 22.7. The Kier molecular flexibility index (Phi) is 6.12. The third-order valence-electron chi connectivity index (χ3n) is 3.46. The van der Waals surface area contributed by atoms with Gasteiger partial charge in [-0.3, -0.25) is 4.79 Å². The van der Waals surface area contributed by atoms with Gasteiger partial charge in [-0.15, -0.1) is 23.7 Å². The number of piperidine rings is 1. The van der Waals surface area contributed by atoms with Gasteiger partial charge in [0, 0.05) is 11.9 Å². The minimum absolute atomic E-state index is 0. The van der Waals surface area contributed by atoms with E-state index in [0.717, 1.165) is 35.0 Å². The maximum atomic E-state index is 12.5. The summed E-state index contributed by atoms with van der Waals surface area (Å²) in [5, 5.41) is 3.35. The molecule has 1 aromatic heterocycles. The molecule has 1 atom stereocenters. The molecule has 0 aromatic carbocycles. The van der Waals surface area contributed by atoms with Crippen LogP contribution in [0.1, 0.15) is 31.1 Å². The van der Waals surface area contributed by atoms with Crippen LogP contribution in [0, 0.1) is 0 Å². The highest BCUT2D eigenvalue weighted by Crippen LogP contribution is 2.25. The number of nitrogens with one attached hydrogen (secondary N) is 1. The molecule has 1 amide bonds. The summed E-state index contributed by atoms with van der Waals surface area (Å²) in [4.78, 5) is 15.4. The largest absolute Gasteiger partial charge is 0.339 e. The summed E-state index contributed by atoms with van der Waals surface area (Å²) in [7, 11) is 1.86. The minimum atomic E-state index is -0.395. The van der Waals surface area contributed by atoms with Gasteiger partial charge in [0.2, 0.25) is 5.91 Å². The predicted molar refractivity (Wildman–Crippen MR) is 83.3 cm³/mol. The van der Waals surface area contributed by atoms with Gasteiger partial charge in [-0.05, 0) is 44.9 Å². The van der Waals surface area contributed by atoms with E-state index in [1.54, 1.807) is 4.90 Å². The zero-order chi connectivity index (χ0) is 13.2. The fourth-order valence-corrected chi connectivity index (χ4v) is 3.54. The van der Waals surface area contributed by atoms with Crippen LogP contribution in [0.25, 0.3) is 0 Å². The highest BCUT2D eigenvalue weighted by molar-refractivity contribution is 7.16. The van der Waals surface area contributed by atoms with Gasteiger partial charge in [0.15, 0.2) is 0 Å². The summed E-state index contributed by atoms with van der Waals surface area (Å²) >= 11 is 7.43. The molecule has 2 rings (SSSR count). The topological polar surface area (TPSA) is 32.3 Å². The molecule has 0 aliphatic carbocycles. The molecule has 1 fully saturated rings. The second-order valence-corrected chi connectivity index (χ2v) is 6.88. The number of likely N-dealkylation sites (N-methyl/N-ethyl adjacent to an activating group) is 1. The first kappa shape index (κ1) is 16.8. The van der Waals surface area contributed by atoms with Crippen LogP contribution in [0.3, 0.4) is 0 Å². The summed E-state index contributed by atoms with van der Waals surface area (Å²) in [6.07, 6.45) is 3.20. The number of hydrogen-bond donors (Lipinski definition) is 1. The molecule has 1 aromatic rings. The Balaban J connectivity index is 0.00000180. The van der Waals surface area contributed by atoms with Crippen molar-refractivity contribution in [2.45, 2.75) is 38.3 Å². The number of nitrogens with zero attached hydrogens (tertiary/aromatic N) is 1. The van der Waals surface area contributed by atoms with E-state index in [1.165, 1.54) is 11.3 Å². The highest BCUT2D eigenvalue weighted by Gasteiger charge is 2.36. The van der Waals surface area contributed by atoms with Crippen molar-refractivity contribution >= 4 is 41.3 Å². The average molecular weight is 323 g/mol. The quantitative estimate of drug-likeness (QED) is 0.925. The zero-order valence-electron chi connectivity index (χ0n) is 11.2. The fraction of sp³-hybridized carbons (Fsp3) is 0.615. The SMILES string of the molecule is CN(Cc1ccc(Cl)s1)C(=O)C1(C)CCCCN1.Cl. The van der Waals surface area contributed by atoms with Gasteiger partial charge in [0.25, 0.3) is 0 Å². The Morgan fingerprint density at radius 2 is 2.26 bits per heavy atom. The molecule has 0 radical (unpaired) electrons. The van der Waals surface area contributed by atoms with Gasteiger partial charge in [0.05, 0.1) is 16.4 Å². The summed E-state index contributed by atoms with van der Waals surface area (Å²) in [6.45, 7) is 3.57. The van der Waals surface area contributed by atoms with Crippen LogP contribution in [0.5, 0.6) is 0 Å². The van der Waals surface area contributed by atoms with E-state index in [1.807, 2.05) is 26.1 Å². The Morgan fingerprint density at radius 3 is 2.79 bits per heavy atom. The molecule has 2 heterocycles. The second-order valence-electron chi connectivity index (χ2n) is 5.08. The molecule has 0 saturated carbocycles. The van der Waals surface area contributed by atoms with Gasteiger partial charge < -0.3 is 10.2 Å². The third kappa shape index (κ3) is 4.09. The number of carbonyl (C=O) groups excluding carboxylic acids is 1. The van der Waals surface area contributed by atoms with E-state index >= 15 is 0 Å². The van der Waals surface area contributed by atoms with Crippen LogP contribution in [0.4, 0.5) is 0 Å². The van der Waals surface area contributed by atoms with E-state index in [4.69, 9.17) is 11.6 Å². The van der Waals surface area contributed by atoms with Crippen LogP contribution < -0.4 is 5.32 Å². The number of thiophene rings is 1. The van der Waals surface area contributed by atoms with Crippen molar-refractivity contribution in [2.75, 3.05) is 13.6 Å². The van der Waals surface area contributed by atoms with Crippen LogP contribution in [-0.2, 0) is 11.3 Å². The van der Waals surface area contributed by atoms with Crippen molar-refractivity contribution < 1.29 is 4.79 Å².